The minimum absolute atomic E-state index is 0.224. The molecule has 156 valence electrons. The molecule has 1 aromatic carbocycles. The Hall–Kier alpha value is -1.34. The summed E-state index contributed by atoms with van der Waals surface area (Å²) in [5.74, 6) is 0.875. The molecule has 3 saturated heterocycles. The maximum absolute atomic E-state index is 11.3. The lowest BCUT2D eigenvalue weighted by atomic mass is 9.89. The maximum atomic E-state index is 11.3. The molecule has 3 aliphatic rings. The number of rotatable bonds is 6. The Kier molecular flexibility index (Phi) is 6.11. The average Bonchev–Trinajstić information content (AvgIpc) is 3.16. The molecule has 2 atom stereocenters. The van der Waals surface area contributed by atoms with Gasteiger partial charge in [0.05, 0.1) is 12.7 Å². The number of piperazine rings is 1. The summed E-state index contributed by atoms with van der Waals surface area (Å²) in [6.45, 7) is 5.94. The van der Waals surface area contributed by atoms with Gasteiger partial charge < -0.3 is 19.8 Å². The molecule has 0 aliphatic carbocycles. The van der Waals surface area contributed by atoms with Crippen molar-refractivity contribution in [2.75, 3.05) is 57.9 Å². The largest absolute Gasteiger partial charge is 0.497 e. The van der Waals surface area contributed by atoms with Gasteiger partial charge in [0.15, 0.2) is 0 Å². The minimum Gasteiger partial charge on any atom is -0.497 e. The summed E-state index contributed by atoms with van der Waals surface area (Å²) in [7, 11) is 1.70. The second kappa shape index (κ2) is 8.57. The van der Waals surface area contributed by atoms with Crippen LogP contribution in [0.25, 0.3) is 0 Å². The molecule has 6 heteroatoms. The Labute approximate surface area is 168 Å². The van der Waals surface area contributed by atoms with Crippen molar-refractivity contribution in [2.24, 2.45) is 0 Å². The van der Waals surface area contributed by atoms with Crippen molar-refractivity contribution < 1.29 is 14.9 Å². The van der Waals surface area contributed by atoms with Gasteiger partial charge in [-0.3, -0.25) is 9.80 Å². The van der Waals surface area contributed by atoms with E-state index in [1.165, 1.54) is 25.1 Å². The van der Waals surface area contributed by atoms with Crippen molar-refractivity contribution in [1.82, 2.24) is 9.80 Å². The summed E-state index contributed by atoms with van der Waals surface area (Å²) < 4.78 is 5.35. The van der Waals surface area contributed by atoms with Gasteiger partial charge in [-0.2, -0.15) is 0 Å². The van der Waals surface area contributed by atoms with Crippen LogP contribution in [0.15, 0.2) is 24.3 Å². The van der Waals surface area contributed by atoms with Crippen LogP contribution in [-0.4, -0.2) is 90.7 Å². The highest BCUT2D eigenvalue weighted by Gasteiger charge is 2.41. The van der Waals surface area contributed by atoms with Crippen LogP contribution >= 0.6 is 0 Å². The second-order valence-corrected chi connectivity index (χ2v) is 8.80. The summed E-state index contributed by atoms with van der Waals surface area (Å²) in [5.41, 5.74) is 0.531. The van der Waals surface area contributed by atoms with E-state index in [0.29, 0.717) is 12.1 Å². The molecule has 6 nitrogen and oxygen atoms in total. The fourth-order valence-electron chi connectivity index (χ4n) is 5.29. The highest BCUT2D eigenvalue weighted by atomic mass is 16.5. The van der Waals surface area contributed by atoms with Crippen molar-refractivity contribution in [3.63, 3.8) is 0 Å². The number of nitrogens with zero attached hydrogens (tertiary/aromatic N) is 3. The van der Waals surface area contributed by atoms with E-state index < -0.39 is 5.60 Å². The molecule has 0 aromatic heterocycles. The molecule has 3 heterocycles. The van der Waals surface area contributed by atoms with E-state index >= 15 is 0 Å². The lowest BCUT2D eigenvalue weighted by Gasteiger charge is -2.48. The molecule has 1 aromatic rings. The van der Waals surface area contributed by atoms with E-state index in [0.717, 1.165) is 57.7 Å². The lowest BCUT2D eigenvalue weighted by Crippen LogP contribution is -2.61. The van der Waals surface area contributed by atoms with Gasteiger partial charge in [0.2, 0.25) is 0 Å². The predicted molar refractivity (Wildman–Crippen MR) is 111 cm³/mol. The third-order valence-electron chi connectivity index (χ3n) is 6.98. The molecular formula is C22H35N3O3. The number of methoxy groups -OCH3 is 1. The number of aliphatic hydroxyl groups is 2. The van der Waals surface area contributed by atoms with E-state index in [9.17, 15) is 10.2 Å². The molecule has 3 fully saturated rings. The number of benzene rings is 1. The van der Waals surface area contributed by atoms with Gasteiger partial charge in [-0.1, -0.05) is 6.07 Å². The van der Waals surface area contributed by atoms with Crippen LogP contribution in [0.3, 0.4) is 0 Å². The Morgan fingerprint density at radius 1 is 1.18 bits per heavy atom. The summed E-state index contributed by atoms with van der Waals surface area (Å²) in [6.07, 6.45) is 4.91. The van der Waals surface area contributed by atoms with Crippen LogP contribution in [0.4, 0.5) is 5.69 Å². The summed E-state index contributed by atoms with van der Waals surface area (Å²) >= 11 is 0. The van der Waals surface area contributed by atoms with E-state index in [1.54, 1.807) is 7.11 Å². The Morgan fingerprint density at radius 2 is 2.00 bits per heavy atom. The number of piperidine rings is 1. The topological polar surface area (TPSA) is 59.4 Å². The second-order valence-electron chi connectivity index (χ2n) is 8.80. The van der Waals surface area contributed by atoms with Crippen molar-refractivity contribution in [3.05, 3.63) is 24.3 Å². The third-order valence-corrected chi connectivity index (χ3v) is 6.98. The van der Waals surface area contributed by atoms with Crippen LogP contribution in [0.5, 0.6) is 5.75 Å². The molecule has 0 amide bonds. The fourth-order valence-corrected chi connectivity index (χ4v) is 5.29. The molecule has 0 bridgehead atoms. The van der Waals surface area contributed by atoms with Gasteiger partial charge in [-0.15, -0.1) is 0 Å². The van der Waals surface area contributed by atoms with Gasteiger partial charge >= 0.3 is 0 Å². The molecule has 0 spiro atoms. The number of hydrogen-bond donors (Lipinski definition) is 2. The molecule has 0 radical (unpaired) electrons. The zero-order valence-corrected chi connectivity index (χ0v) is 17.1. The van der Waals surface area contributed by atoms with Gasteiger partial charge in [-0.05, 0) is 50.8 Å². The molecule has 3 aliphatic heterocycles. The lowest BCUT2D eigenvalue weighted by molar-refractivity contribution is -0.0537. The zero-order chi connectivity index (χ0) is 19.6. The summed E-state index contributed by atoms with van der Waals surface area (Å²) in [5, 5.41) is 20.9. The Morgan fingerprint density at radius 3 is 2.75 bits per heavy atom. The number of β-amino-alcohol motifs (C(OH)–C–C–N with tert-alkyl or cyclic N) is 1. The standard InChI is InChI=1S/C22H35N3O3/c1-28-21-6-2-4-18(14-21)23-11-8-22(27,9-12-23)17-25-16-19-5-3-10-24(19)15-20(25)7-13-26/h2,4,6,14,19-20,26-27H,3,5,7-13,15-17H2,1H3/t19-,20-/m1/s1. The van der Waals surface area contributed by atoms with Crippen molar-refractivity contribution in [2.45, 2.75) is 49.8 Å². The molecular weight excluding hydrogens is 354 g/mol. The van der Waals surface area contributed by atoms with Crippen molar-refractivity contribution in [1.29, 1.82) is 0 Å². The maximum Gasteiger partial charge on any atom is 0.120 e. The van der Waals surface area contributed by atoms with Crippen LogP contribution in [-0.2, 0) is 0 Å². The average molecular weight is 390 g/mol. The molecule has 2 N–H and O–H groups in total. The van der Waals surface area contributed by atoms with Gasteiger partial charge in [0, 0.05) is 63.2 Å². The van der Waals surface area contributed by atoms with Crippen LogP contribution < -0.4 is 9.64 Å². The van der Waals surface area contributed by atoms with E-state index in [2.05, 4.69) is 26.8 Å². The van der Waals surface area contributed by atoms with E-state index in [1.807, 2.05) is 12.1 Å². The molecule has 0 unspecified atom stereocenters. The Bertz CT molecular complexity index is 648. The molecule has 4 rings (SSSR count). The third kappa shape index (κ3) is 4.30. The summed E-state index contributed by atoms with van der Waals surface area (Å²) in [4.78, 5) is 7.41. The molecule has 28 heavy (non-hydrogen) atoms. The first-order valence-electron chi connectivity index (χ1n) is 10.8. The zero-order valence-electron chi connectivity index (χ0n) is 17.1. The minimum atomic E-state index is -0.635. The number of aliphatic hydroxyl groups excluding tert-OH is 1. The van der Waals surface area contributed by atoms with E-state index in [4.69, 9.17) is 4.74 Å². The van der Waals surface area contributed by atoms with Crippen molar-refractivity contribution in [3.8, 4) is 5.75 Å². The fraction of sp³-hybridized carbons (Fsp3) is 0.727. The van der Waals surface area contributed by atoms with Crippen LogP contribution in [0.2, 0.25) is 0 Å². The monoisotopic (exact) mass is 389 g/mol. The smallest absolute Gasteiger partial charge is 0.120 e. The first kappa shape index (κ1) is 20.0. The summed E-state index contributed by atoms with van der Waals surface area (Å²) in [6, 6.07) is 9.17. The first-order chi connectivity index (χ1) is 13.6. The SMILES string of the molecule is COc1cccc(N2CCC(O)(CN3C[C@H]4CCCN4C[C@H]3CCO)CC2)c1. The number of hydrogen-bond acceptors (Lipinski definition) is 6. The number of fused-ring (bicyclic) bond motifs is 1. The van der Waals surface area contributed by atoms with Gasteiger partial charge in [0.25, 0.3) is 0 Å². The van der Waals surface area contributed by atoms with Gasteiger partial charge in [0.1, 0.15) is 5.75 Å². The van der Waals surface area contributed by atoms with Gasteiger partial charge in [-0.25, -0.2) is 0 Å². The number of anilines is 1. The first-order valence-corrected chi connectivity index (χ1v) is 10.8. The normalized spacial score (nSPS) is 28.3. The quantitative estimate of drug-likeness (QED) is 0.770. The number of ether oxygens (including phenoxy) is 1. The highest BCUT2D eigenvalue weighted by molar-refractivity contribution is 5.51. The van der Waals surface area contributed by atoms with Crippen molar-refractivity contribution >= 4 is 5.69 Å². The Balaban J connectivity index is 1.37. The van der Waals surface area contributed by atoms with Crippen LogP contribution in [0, 0.1) is 0 Å². The highest BCUT2D eigenvalue weighted by Crippen LogP contribution is 2.32. The van der Waals surface area contributed by atoms with E-state index in [-0.39, 0.29) is 6.61 Å². The predicted octanol–water partition coefficient (Wildman–Crippen LogP) is 1.56. The van der Waals surface area contributed by atoms with Crippen LogP contribution in [0.1, 0.15) is 32.1 Å². The molecule has 0 saturated carbocycles.